The highest BCUT2D eigenvalue weighted by Crippen LogP contribution is 2.22. The lowest BCUT2D eigenvalue weighted by Crippen LogP contribution is -2.52. The van der Waals surface area contributed by atoms with Crippen LogP contribution in [0.3, 0.4) is 0 Å². The molecule has 0 unspecified atom stereocenters. The first-order chi connectivity index (χ1) is 12.0. The zero-order valence-electron chi connectivity index (χ0n) is 15.1. The van der Waals surface area contributed by atoms with Crippen molar-refractivity contribution in [2.45, 2.75) is 32.7 Å². The zero-order valence-corrected chi connectivity index (χ0v) is 15.1. The summed E-state index contributed by atoms with van der Waals surface area (Å²) in [7, 11) is 0. The van der Waals surface area contributed by atoms with Gasteiger partial charge in [0.15, 0.2) is 6.61 Å². The molecule has 1 heterocycles. The van der Waals surface area contributed by atoms with Gasteiger partial charge in [0.05, 0.1) is 6.54 Å². The molecule has 2 amide bonds. The molecule has 1 aromatic rings. The Labute approximate surface area is 149 Å². The Balaban J connectivity index is 1.41. The Hall–Kier alpha value is -2.08. The van der Waals surface area contributed by atoms with E-state index in [9.17, 15) is 9.59 Å². The second-order valence-electron chi connectivity index (χ2n) is 7.01. The molecule has 3 rings (SSSR count). The number of amides is 2. The Morgan fingerprint density at radius 1 is 1.12 bits per heavy atom. The molecule has 1 saturated carbocycles. The van der Waals surface area contributed by atoms with E-state index < -0.39 is 0 Å². The molecule has 0 spiro atoms. The van der Waals surface area contributed by atoms with E-state index in [1.54, 1.807) is 0 Å². The maximum absolute atomic E-state index is 12.4. The van der Waals surface area contributed by atoms with Crippen LogP contribution in [-0.2, 0) is 9.59 Å². The van der Waals surface area contributed by atoms with Gasteiger partial charge >= 0.3 is 0 Å². The molecule has 136 valence electrons. The predicted molar refractivity (Wildman–Crippen MR) is 95.6 cm³/mol. The molecule has 25 heavy (non-hydrogen) atoms. The first-order valence-corrected chi connectivity index (χ1v) is 9.01. The third-order valence-electron chi connectivity index (χ3n) is 4.78. The van der Waals surface area contributed by atoms with Crippen LogP contribution >= 0.6 is 0 Å². The quantitative estimate of drug-likeness (QED) is 0.839. The van der Waals surface area contributed by atoms with Crippen molar-refractivity contribution in [3.05, 3.63) is 29.3 Å². The van der Waals surface area contributed by atoms with Gasteiger partial charge in [-0.05, 0) is 37.8 Å². The second-order valence-corrected chi connectivity index (χ2v) is 7.01. The molecule has 6 nitrogen and oxygen atoms in total. The number of hydrogen-bond donors (Lipinski definition) is 1. The Kier molecular flexibility index (Phi) is 5.58. The Bertz CT molecular complexity index is 615. The zero-order chi connectivity index (χ0) is 17.8. The lowest BCUT2D eigenvalue weighted by molar-refractivity contribution is -0.135. The number of rotatable bonds is 6. The maximum atomic E-state index is 12.4. The third kappa shape index (κ3) is 4.95. The van der Waals surface area contributed by atoms with Crippen molar-refractivity contribution in [1.82, 2.24) is 15.1 Å². The number of benzene rings is 1. The van der Waals surface area contributed by atoms with Gasteiger partial charge in [0.2, 0.25) is 5.91 Å². The molecule has 1 aliphatic heterocycles. The predicted octanol–water partition coefficient (Wildman–Crippen LogP) is 1.11. The molecule has 1 aromatic carbocycles. The van der Waals surface area contributed by atoms with Gasteiger partial charge in [-0.15, -0.1) is 0 Å². The number of hydrogen-bond acceptors (Lipinski definition) is 4. The lowest BCUT2D eigenvalue weighted by atomic mass is 10.1. The highest BCUT2D eigenvalue weighted by Gasteiger charge is 2.26. The molecular weight excluding hydrogens is 318 g/mol. The molecule has 2 aliphatic rings. The van der Waals surface area contributed by atoms with E-state index in [4.69, 9.17) is 4.74 Å². The summed E-state index contributed by atoms with van der Waals surface area (Å²) in [6, 6.07) is 6.35. The number of piperazine rings is 1. The second kappa shape index (κ2) is 7.87. The number of carbonyl (C=O) groups is 2. The van der Waals surface area contributed by atoms with E-state index >= 15 is 0 Å². The van der Waals surface area contributed by atoms with E-state index in [2.05, 4.69) is 10.2 Å². The number of aryl methyl sites for hydroxylation is 2. The van der Waals surface area contributed by atoms with Gasteiger partial charge in [-0.2, -0.15) is 0 Å². The fourth-order valence-corrected chi connectivity index (χ4v) is 3.11. The molecule has 1 aliphatic carbocycles. The summed E-state index contributed by atoms with van der Waals surface area (Å²) in [6.07, 6.45) is 2.21. The Morgan fingerprint density at radius 3 is 2.36 bits per heavy atom. The highest BCUT2D eigenvalue weighted by atomic mass is 16.5. The SMILES string of the molecule is Cc1cccc(C)c1OCC(=O)N1CCN(CC(=O)NC2CC2)CC1. The van der Waals surface area contributed by atoms with Gasteiger partial charge in [-0.3, -0.25) is 14.5 Å². The van der Waals surface area contributed by atoms with Gasteiger partial charge in [0, 0.05) is 32.2 Å². The summed E-state index contributed by atoms with van der Waals surface area (Å²) in [5.41, 5.74) is 2.08. The van der Waals surface area contributed by atoms with Crippen LogP contribution in [0.1, 0.15) is 24.0 Å². The van der Waals surface area contributed by atoms with Crippen LogP contribution in [0.25, 0.3) is 0 Å². The first-order valence-electron chi connectivity index (χ1n) is 9.01. The van der Waals surface area contributed by atoms with Crippen molar-refractivity contribution in [3.8, 4) is 5.75 Å². The van der Waals surface area contributed by atoms with E-state index in [0.29, 0.717) is 25.7 Å². The fraction of sp³-hybridized carbons (Fsp3) is 0.579. The van der Waals surface area contributed by atoms with Crippen molar-refractivity contribution in [1.29, 1.82) is 0 Å². The van der Waals surface area contributed by atoms with Crippen molar-refractivity contribution < 1.29 is 14.3 Å². The highest BCUT2D eigenvalue weighted by molar-refractivity contribution is 5.79. The molecule has 2 fully saturated rings. The van der Waals surface area contributed by atoms with Crippen LogP contribution in [-0.4, -0.2) is 67.0 Å². The monoisotopic (exact) mass is 345 g/mol. The molecule has 1 N–H and O–H groups in total. The summed E-state index contributed by atoms with van der Waals surface area (Å²) >= 11 is 0. The summed E-state index contributed by atoms with van der Waals surface area (Å²) in [4.78, 5) is 28.2. The van der Waals surface area contributed by atoms with E-state index in [0.717, 1.165) is 42.8 Å². The van der Waals surface area contributed by atoms with Crippen LogP contribution in [0.2, 0.25) is 0 Å². The van der Waals surface area contributed by atoms with Crippen LogP contribution in [0.15, 0.2) is 18.2 Å². The van der Waals surface area contributed by atoms with Crippen molar-refractivity contribution in [2.24, 2.45) is 0 Å². The van der Waals surface area contributed by atoms with Gasteiger partial charge in [-0.25, -0.2) is 0 Å². The molecule has 0 aromatic heterocycles. The van der Waals surface area contributed by atoms with Crippen LogP contribution in [0, 0.1) is 13.8 Å². The number of ether oxygens (including phenoxy) is 1. The van der Waals surface area contributed by atoms with Gasteiger partial charge < -0.3 is 15.0 Å². The molecule has 0 radical (unpaired) electrons. The summed E-state index contributed by atoms with van der Waals surface area (Å²) in [5, 5.41) is 3.00. The average Bonchev–Trinajstić information content (AvgIpc) is 3.38. The molecular formula is C19H27N3O3. The average molecular weight is 345 g/mol. The van der Waals surface area contributed by atoms with Crippen molar-refractivity contribution >= 4 is 11.8 Å². The largest absolute Gasteiger partial charge is 0.483 e. The van der Waals surface area contributed by atoms with Crippen LogP contribution < -0.4 is 10.1 Å². The minimum Gasteiger partial charge on any atom is -0.483 e. The van der Waals surface area contributed by atoms with Gasteiger partial charge in [0.25, 0.3) is 5.91 Å². The maximum Gasteiger partial charge on any atom is 0.260 e. The number of nitrogens with one attached hydrogen (secondary N) is 1. The fourth-order valence-electron chi connectivity index (χ4n) is 3.11. The Morgan fingerprint density at radius 2 is 1.76 bits per heavy atom. The number of nitrogens with zero attached hydrogens (tertiary/aromatic N) is 2. The third-order valence-corrected chi connectivity index (χ3v) is 4.78. The van der Waals surface area contributed by atoms with E-state index in [1.165, 1.54) is 0 Å². The summed E-state index contributed by atoms with van der Waals surface area (Å²) in [5.74, 6) is 0.900. The molecule has 6 heteroatoms. The first kappa shape index (κ1) is 17.7. The number of carbonyl (C=O) groups excluding carboxylic acids is 2. The number of para-hydroxylation sites is 1. The molecule has 1 saturated heterocycles. The summed E-state index contributed by atoms with van der Waals surface area (Å²) < 4.78 is 5.76. The molecule has 0 bridgehead atoms. The van der Waals surface area contributed by atoms with Crippen molar-refractivity contribution in [3.63, 3.8) is 0 Å². The van der Waals surface area contributed by atoms with E-state index in [1.807, 2.05) is 36.9 Å². The minimum atomic E-state index is 0.00438. The van der Waals surface area contributed by atoms with E-state index in [-0.39, 0.29) is 18.4 Å². The normalized spacial score (nSPS) is 18.1. The standard InChI is InChI=1S/C19H27N3O3/c1-14-4-3-5-15(2)19(14)25-13-18(24)22-10-8-21(9-11-22)12-17(23)20-16-6-7-16/h3-5,16H,6-13H2,1-2H3,(H,20,23). The van der Waals surface area contributed by atoms with Crippen LogP contribution in [0.5, 0.6) is 5.75 Å². The summed E-state index contributed by atoms with van der Waals surface area (Å²) in [6.45, 7) is 7.21. The van der Waals surface area contributed by atoms with Crippen LogP contribution in [0.4, 0.5) is 0 Å². The topological polar surface area (TPSA) is 61.9 Å². The smallest absolute Gasteiger partial charge is 0.260 e. The van der Waals surface area contributed by atoms with Gasteiger partial charge in [0.1, 0.15) is 5.75 Å². The molecule has 0 atom stereocenters. The lowest BCUT2D eigenvalue weighted by Gasteiger charge is -2.34. The van der Waals surface area contributed by atoms with Crippen molar-refractivity contribution in [2.75, 3.05) is 39.3 Å². The minimum absolute atomic E-state index is 0.00438. The van der Waals surface area contributed by atoms with Gasteiger partial charge in [-0.1, -0.05) is 18.2 Å².